The van der Waals surface area contributed by atoms with Gasteiger partial charge in [0.1, 0.15) is 5.60 Å². The molecule has 1 N–H and O–H groups in total. The second kappa shape index (κ2) is 7.02. The Morgan fingerprint density at radius 2 is 2.10 bits per heavy atom. The fourth-order valence-corrected chi connectivity index (χ4v) is 2.09. The molecule has 20 heavy (non-hydrogen) atoms. The minimum absolute atomic E-state index is 0.0783. The fraction of sp³-hybridized carbons (Fsp3) is 0.846. The summed E-state index contributed by atoms with van der Waals surface area (Å²) < 4.78 is 10.1. The summed E-state index contributed by atoms with van der Waals surface area (Å²) in [6.45, 7) is 7.95. The third-order valence-corrected chi connectivity index (χ3v) is 2.84. The van der Waals surface area contributed by atoms with Crippen LogP contribution < -0.4 is 5.32 Å². The second-order valence-corrected chi connectivity index (χ2v) is 6.41. The van der Waals surface area contributed by atoms with Crippen LogP contribution in [-0.2, 0) is 9.47 Å². The zero-order valence-electron chi connectivity index (χ0n) is 12.4. The van der Waals surface area contributed by atoms with E-state index in [1.165, 1.54) is 0 Å². The molecule has 1 saturated heterocycles. The van der Waals surface area contributed by atoms with Crippen LogP contribution >= 0.6 is 11.6 Å². The lowest BCUT2D eigenvalue weighted by atomic mass is 10.2. The van der Waals surface area contributed by atoms with E-state index in [1.807, 2.05) is 0 Å². The molecule has 0 aromatic carbocycles. The van der Waals surface area contributed by atoms with Crippen LogP contribution in [0.5, 0.6) is 0 Å². The van der Waals surface area contributed by atoms with E-state index in [0.717, 1.165) is 12.8 Å². The van der Waals surface area contributed by atoms with Crippen molar-refractivity contribution in [2.75, 3.05) is 13.1 Å². The monoisotopic (exact) mass is 306 g/mol. The van der Waals surface area contributed by atoms with Crippen molar-refractivity contribution in [2.45, 2.75) is 57.7 Å². The predicted molar refractivity (Wildman–Crippen MR) is 75.8 cm³/mol. The lowest BCUT2D eigenvalue weighted by Crippen LogP contribution is -2.44. The van der Waals surface area contributed by atoms with E-state index in [0.29, 0.717) is 13.1 Å². The van der Waals surface area contributed by atoms with Crippen molar-refractivity contribution in [2.24, 2.45) is 0 Å². The molecule has 6 nitrogen and oxygen atoms in total. The molecule has 1 unspecified atom stereocenters. The lowest BCUT2D eigenvalue weighted by molar-refractivity contribution is 0.0502. The fourth-order valence-electron chi connectivity index (χ4n) is 2.01. The van der Waals surface area contributed by atoms with Gasteiger partial charge in [0.25, 0.3) is 0 Å². The number of amides is 2. The van der Waals surface area contributed by atoms with Gasteiger partial charge in [-0.05, 0) is 40.5 Å². The summed E-state index contributed by atoms with van der Waals surface area (Å²) in [6.07, 6.45) is 0.776. The molecule has 1 rings (SSSR count). The highest BCUT2D eigenvalue weighted by Gasteiger charge is 2.31. The Morgan fingerprint density at radius 1 is 1.45 bits per heavy atom. The summed E-state index contributed by atoms with van der Waals surface area (Å²) >= 11 is 5.64. The standard InChI is InChI=1S/C13H23ClN2O4/c1-9(14)19-12(18)16-7-5-6-10(16)8-15-11(17)20-13(2,3)4/h9-10H,5-8H2,1-4H3,(H,15,17)/t9?,10-/m0/s1. The summed E-state index contributed by atoms with van der Waals surface area (Å²) in [7, 11) is 0. The van der Waals surface area contributed by atoms with Crippen molar-refractivity contribution in [3.05, 3.63) is 0 Å². The Morgan fingerprint density at radius 3 is 2.65 bits per heavy atom. The molecule has 1 fully saturated rings. The number of carbonyl (C=O) groups excluding carboxylic acids is 2. The number of hydrogen-bond acceptors (Lipinski definition) is 4. The number of carbonyl (C=O) groups is 2. The minimum atomic E-state index is -0.664. The van der Waals surface area contributed by atoms with Gasteiger partial charge in [-0.15, -0.1) is 0 Å². The van der Waals surface area contributed by atoms with E-state index in [-0.39, 0.29) is 6.04 Å². The van der Waals surface area contributed by atoms with Crippen LogP contribution in [-0.4, -0.2) is 47.4 Å². The number of hydrogen-bond donors (Lipinski definition) is 1. The number of nitrogens with one attached hydrogen (secondary N) is 1. The van der Waals surface area contributed by atoms with Crippen molar-refractivity contribution in [1.29, 1.82) is 0 Å². The van der Waals surface area contributed by atoms with E-state index >= 15 is 0 Å². The Bertz CT molecular complexity index is 355. The van der Waals surface area contributed by atoms with Gasteiger partial charge in [0.05, 0.1) is 6.04 Å². The van der Waals surface area contributed by atoms with Crippen LogP contribution in [0.1, 0.15) is 40.5 Å². The van der Waals surface area contributed by atoms with Gasteiger partial charge >= 0.3 is 12.2 Å². The number of ether oxygens (including phenoxy) is 2. The first-order valence-corrected chi connectivity index (χ1v) is 7.21. The number of rotatable bonds is 3. The molecule has 0 aliphatic carbocycles. The highest BCUT2D eigenvalue weighted by Crippen LogP contribution is 2.18. The van der Waals surface area contributed by atoms with E-state index in [9.17, 15) is 9.59 Å². The first-order valence-electron chi connectivity index (χ1n) is 6.77. The maximum absolute atomic E-state index is 11.8. The molecule has 7 heteroatoms. The number of alkyl halides is 1. The molecule has 2 atom stereocenters. The van der Waals surface area contributed by atoms with Crippen molar-refractivity contribution in [1.82, 2.24) is 10.2 Å². The van der Waals surface area contributed by atoms with Gasteiger partial charge in [-0.2, -0.15) is 0 Å². The van der Waals surface area contributed by atoms with Gasteiger partial charge in [-0.25, -0.2) is 9.59 Å². The van der Waals surface area contributed by atoms with E-state index < -0.39 is 23.4 Å². The number of likely N-dealkylation sites (tertiary alicyclic amines) is 1. The first kappa shape index (κ1) is 16.9. The molecule has 0 radical (unpaired) electrons. The maximum atomic E-state index is 11.8. The van der Waals surface area contributed by atoms with Gasteiger partial charge < -0.3 is 19.7 Å². The maximum Gasteiger partial charge on any atom is 0.411 e. The Balaban J connectivity index is 2.42. The van der Waals surface area contributed by atoms with Crippen molar-refractivity contribution in [3.63, 3.8) is 0 Å². The zero-order valence-corrected chi connectivity index (χ0v) is 13.2. The van der Waals surface area contributed by atoms with Gasteiger partial charge in [-0.1, -0.05) is 11.6 Å². The lowest BCUT2D eigenvalue weighted by Gasteiger charge is -2.25. The summed E-state index contributed by atoms with van der Waals surface area (Å²) in [4.78, 5) is 25.0. The molecule has 0 bridgehead atoms. The van der Waals surface area contributed by atoms with Crippen LogP contribution in [0.2, 0.25) is 0 Å². The van der Waals surface area contributed by atoms with Crippen LogP contribution in [0.15, 0.2) is 0 Å². The predicted octanol–water partition coefficient (Wildman–Crippen LogP) is 2.70. The molecule has 1 aliphatic rings. The van der Waals surface area contributed by atoms with E-state index in [4.69, 9.17) is 21.1 Å². The SMILES string of the molecule is CC(Cl)OC(=O)N1CCC[C@H]1CNC(=O)OC(C)(C)C. The summed E-state index contributed by atoms with van der Waals surface area (Å²) in [5.41, 5.74) is -1.20. The summed E-state index contributed by atoms with van der Waals surface area (Å²) in [5.74, 6) is 0. The average Bonchev–Trinajstić information content (AvgIpc) is 2.70. The molecular formula is C13H23ClN2O4. The van der Waals surface area contributed by atoms with Crippen molar-refractivity contribution in [3.8, 4) is 0 Å². The van der Waals surface area contributed by atoms with Gasteiger partial charge in [0.2, 0.25) is 0 Å². The number of alkyl carbamates (subject to hydrolysis) is 1. The highest BCUT2D eigenvalue weighted by atomic mass is 35.5. The Labute approximate surface area is 124 Å². The van der Waals surface area contributed by atoms with Crippen molar-refractivity contribution < 1.29 is 19.1 Å². The average molecular weight is 307 g/mol. The summed E-state index contributed by atoms with van der Waals surface area (Å²) in [6, 6.07) is -0.0783. The normalized spacial score (nSPS) is 20.4. The van der Waals surface area contributed by atoms with Gasteiger partial charge in [-0.3, -0.25) is 0 Å². The molecule has 0 aromatic heterocycles. The number of nitrogens with zero attached hydrogens (tertiary/aromatic N) is 1. The van der Waals surface area contributed by atoms with Crippen molar-refractivity contribution >= 4 is 23.8 Å². The third kappa shape index (κ3) is 5.86. The second-order valence-electron chi connectivity index (χ2n) is 5.80. The van der Waals surface area contributed by atoms with Crippen LogP contribution in [0.25, 0.3) is 0 Å². The van der Waals surface area contributed by atoms with Crippen LogP contribution in [0, 0.1) is 0 Å². The molecular weight excluding hydrogens is 284 g/mol. The minimum Gasteiger partial charge on any atom is -0.444 e. The van der Waals surface area contributed by atoms with E-state index in [2.05, 4.69) is 5.32 Å². The highest BCUT2D eigenvalue weighted by molar-refractivity contribution is 6.19. The topological polar surface area (TPSA) is 67.9 Å². The Hall–Kier alpha value is -1.17. The van der Waals surface area contributed by atoms with Crippen LogP contribution in [0.4, 0.5) is 9.59 Å². The van der Waals surface area contributed by atoms with Gasteiger partial charge in [0.15, 0.2) is 5.56 Å². The van der Waals surface area contributed by atoms with E-state index in [1.54, 1.807) is 32.6 Å². The third-order valence-electron chi connectivity index (χ3n) is 2.76. The van der Waals surface area contributed by atoms with Gasteiger partial charge in [0, 0.05) is 13.1 Å². The summed E-state index contributed by atoms with van der Waals surface area (Å²) in [5, 5.41) is 2.68. The first-order chi connectivity index (χ1) is 9.19. The quantitative estimate of drug-likeness (QED) is 0.814. The molecule has 1 aliphatic heterocycles. The molecule has 0 aromatic rings. The molecule has 0 saturated carbocycles. The number of halogens is 1. The molecule has 2 amide bonds. The Kier molecular flexibility index (Phi) is 5.92. The smallest absolute Gasteiger partial charge is 0.411 e. The van der Waals surface area contributed by atoms with Crippen LogP contribution in [0.3, 0.4) is 0 Å². The molecule has 0 spiro atoms. The molecule has 1 heterocycles. The molecule has 116 valence electrons. The largest absolute Gasteiger partial charge is 0.444 e. The zero-order chi connectivity index (χ0) is 15.3.